The van der Waals surface area contributed by atoms with Crippen LogP contribution in [0.3, 0.4) is 0 Å². The number of aromatic nitrogens is 4. The van der Waals surface area contributed by atoms with Gasteiger partial charge in [-0.1, -0.05) is 66.2 Å². The van der Waals surface area contributed by atoms with Crippen LogP contribution in [0.2, 0.25) is 10.0 Å². The zero-order chi connectivity index (χ0) is 32.2. The van der Waals surface area contributed by atoms with Crippen LogP contribution in [-0.4, -0.2) is 64.0 Å². The third-order valence-corrected chi connectivity index (χ3v) is 9.22. The molecule has 0 amide bonds. The Labute approximate surface area is 278 Å². The first-order valence-electron chi connectivity index (χ1n) is 15.3. The quantitative estimate of drug-likeness (QED) is 0.153. The zero-order valence-corrected chi connectivity index (χ0v) is 27.3. The van der Waals surface area contributed by atoms with Crippen molar-refractivity contribution in [1.29, 1.82) is 0 Å². The number of methoxy groups -OCH3 is 2. The standard InChI is InChI=1S/C34H37Cl2N7O3/c1-19-10-11-20(41-19)14-37-15-29-33(45-2)42-27(16-39-29)25-8-4-6-23(31(25)35)24-7-5-9-26(32(24)36)28-17-40-30(34(43-28)46-3)18-38-21-12-22(44)13-21/h4-9,16-17,20-22,37-38,41,44H,1,10-15,18H2,2-3H3/t20-,21-,22+/m0/s1. The second-order valence-electron chi connectivity index (χ2n) is 11.6. The molecule has 1 aliphatic heterocycles. The van der Waals surface area contributed by atoms with Gasteiger partial charge in [0.2, 0.25) is 11.8 Å². The summed E-state index contributed by atoms with van der Waals surface area (Å²) in [5.74, 6) is 0.852. The monoisotopic (exact) mass is 661 g/mol. The first kappa shape index (κ1) is 32.2. The summed E-state index contributed by atoms with van der Waals surface area (Å²) in [4.78, 5) is 18.8. The van der Waals surface area contributed by atoms with E-state index in [1.54, 1.807) is 26.6 Å². The van der Waals surface area contributed by atoms with Crippen LogP contribution in [0.4, 0.5) is 0 Å². The van der Waals surface area contributed by atoms with Crippen molar-refractivity contribution in [2.45, 2.75) is 57.0 Å². The van der Waals surface area contributed by atoms with Gasteiger partial charge in [0.05, 0.1) is 54.2 Å². The number of aliphatic hydroxyl groups is 1. The highest BCUT2D eigenvalue weighted by atomic mass is 35.5. The Morgan fingerprint density at radius 2 is 1.41 bits per heavy atom. The van der Waals surface area contributed by atoms with E-state index in [4.69, 9.17) is 42.6 Å². The highest BCUT2D eigenvalue weighted by Gasteiger charge is 2.27. The van der Waals surface area contributed by atoms with Gasteiger partial charge in [-0.2, -0.15) is 0 Å². The lowest BCUT2D eigenvalue weighted by Gasteiger charge is -2.32. The normalized spacial score (nSPS) is 19.1. The maximum atomic E-state index is 9.56. The summed E-state index contributed by atoms with van der Waals surface area (Å²) in [7, 11) is 3.16. The second kappa shape index (κ2) is 14.3. The molecule has 1 aliphatic carbocycles. The van der Waals surface area contributed by atoms with Crippen LogP contribution < -0.4 is 25.4 Å². The number of hydrogen-bond donors (Lipinski definition) is 4. The Bertz CT molecular complexity index is 1730. The highest BCUT2D eigenvalue weighted by molar-refractivity contribution is 6.39. The molecule has 1 saturated heterocycles. The summed E-state index contributed by atoms with van der Waals surface area (Å²) >= 11 is 14.1. The van der Waals surface area contributed by atoms with Crippen LogP contribution in [0.5, 0.6) is 11.8 Å². The van der Waals surface area contributed by atoms with Crippen LogP contribution in [-0.2, 0) is 13.1 Å². The van der Waals surface area contributed by atoms with E-state index in [2.05, 4.69) is 32.5 Å². The molecule has 6 rings (SSSR count). The molecule has 2 aromatic carbocycles. The van der Waals surface area contributed by atoms with Crippen molar-refractivity contribution in [1.82, 2.24) is 35.9 Å². The number of aliphatic hydroxyl groups excluding tert-OH is 1. The zero-order valence-electron chi connectivity index (χ0n) is 25.8. The van der Waals surface area contributed by atoms with Gasteiger partial charge in [-0.05, 0) is 25.7 Å². The van der Waals surface area contributed by atoms with Crippen molar-refractivity contribution < 1.29 is 14.6 Å². The number of rotatable bonds is 12. The van der Waals surface area contributed by atoms with Crippen LogP contribution in [0, 0.1) is 0 Å². The largest absolute Gasteiger partial charge is 0.480 e. The van der Waals surface area contributed by atoms with Crippen molar-refractivity contribution in [3.05, 3.63) is 82.5 Å². The minimum absolute atomic E-state index is 0.230. The summed E-state index contributed by atoms with van der Waals surface area (Å²) in [5.41, 5.74) is 6.53. The van der Waals surface area contributed by atoms with Gasteiger partial charge in [0.1, 0.15) is 11.4 Å². The fourth-order valence-electron chi connectivity index (χ4n) is 5.79. The molecular formula is C34H37Cl2N7O3. The summed E-state index contributed by atoms with van der Waals surface area (Å²) in [6, 6.07) is 12.1. The van der Waals surface area contributed by atoms with Gasteiger partial charge in [0.15, 0.2) is 0 Å². The van der Waals surface area contributed by atoms with Crippen LogP contribution in [0.25, 0.3) is 33.6 Å². The molecule has 1 atom stereocenters. The molecular weight excluding hydrogens is 625 g/mol. The Morgan fingerprint density at radius 1 is 0.870 bits per heavy atom. The van der Waals surface area contributed by atoms with Crippen LogP contribution >= 0.6 is 23.2 Å². The van der Waals surface area contributed by atoms with Gasteiger partial charge < -0.3 is 30.5 Å². The SMILES string of the molecule is C=C1CC[C@@H](CNCc2ncc(-c3cccc(-c4cccc(-c5cnc(CN[C@H]6C[C@@H](O)C6)c(OC)n5)c4Cl)c3Cl)nc2OC)N1. The van der Waals surface area contributed by atoms with Gasteiger partial charge in [0.25, 0.3) is 0 Å². The fourth-order valence-corrected chi connectivity index (χ4v) is 6.44. The van der Waals surface area contributed by atoms with E-state index >= 15 is 0 Å². The Morgan fingerprint density at radius 3 is 1.91 bits per heavy atom. The molecule has 0 bridgehead atoms. The number of halogens is 2. The smallest absolute Gasteiger partial charge is 0.237 e. The highest BCUT2D eigenvalue weighted by Crippen LogP contribution is 2.42. The van der Waals surface area contributed by atoms with E-state index in [1.807, 2.05) is 36.4 Å². The Kier molecular flexibility index (Phi) is 10.0. The second-order valence-corrected chi connectivity index (χ2v) is 12.3. The van der Waals surface area contributed by atoms with Crippen LogP contribution in [0.15, 0.2) is 61.1 Å². The molecule has 4 aromatic rings. The molecule has 1 saturated carbocycles. The third-order valence-electron chi connectivity index (χ3n) is 8.41. The molecule has 2 fully saturated rings. The van der Waals surface area contributed by atoms with E-state index < -0.39 is 0 Å². The van der Waals surface area contributed by atoms with E-state index in [1.165, 1.54) is 0 Å². The summed E-state index contributed by atoms with van der Waals surface area (Å²) in [6.07, 6.45) is 6.71. The molecule has 10 nitrogen and oxygen atoms in total. The van der Waals surface area contributed by atoms with E-state index in [9.17, 15) is 5.11 Å². The van der Waals surface area contributed by atoms with Crippen LogP contribution in [0.1, 0.15) is 37.1 Å². The first-order valence-corrected chi connectivity index (χ1v) is 16.0. The molecule has 46 heavy (non-hydrogen) atoms. The number of nitrogens with one attached hydrogen (secondary N) is 3. The predicted octanol–water partition coefficient (Wildman–Crippen LogP) is 5.56. The van der Waals surface area contributed by atoms with Crippen molar-refractivity contribution in [3.8, 4) is 45.4 Å². The molecule has 4 N–H and O–H groups in total. The Hall–Kier alpha value is -3.80. The van der Waals surface area contributed by atoms with Crippen molar-refractivity contribution in [2.24, 2.45) is 0 Å². The average Bonchev–Trinajstić information content (AvgIpc) is 3.47. The molecule has 240 valence electrons. The van der Waals surface area contributed by atoms with E-state index in [0.29, 0.717) is 74.8 Å². The lowest BCUT2D eigenvalue weighted by atomic mass is 9.89. The van der Waals surface area contributed by atoms with Gasteiger partial charge in [0, 0.05) is 59.7 Å². The van der Waals surface area contributed by atoms with Gasteiger partial charge >= 0.3 is 0 Å². The molecule has 12 heteroatoms. The summed E-state index contributed by atoms with van der Waals surface area (Å²) in [6.45, 7) is 5.81. The maximum Gasteiger partial charge on any atom is 0.237 e. The van der Waals surface area contributed by atoms with Gasteiger partial charge in [-0.3, -0.25) is 9.97 Å². The van der Waals surface area contributed by atoms with Crippen molar-refractivity contribution in [2.75, 3.05) is 20.8 Å². The number of ether oxygens (including phenoxy) is 2. The number of benzene rings is 2. The molecule has 0 spiro atoms. The Balaban J connectivity index is 1.23. The molecule has 2 aromatic heterocycles. The number of hydrogen-bond acceptors (Lipinski definition) is 10. The minimum atomic E-state index is -0.230. The third kappa shape index (κ3) is 6.96. The average molecular weight is 663 g/mol. The van der Waals surface area contributed by atoms with Gasteiger partial charge in [-0.25, -0.2) is 9.97 Å². The molecule has 0 radical (unpaired) electrons. The van der Waals surface area contributed by atoms with Gasteiger partial charge in [-0.15, -0.1) is 0 Å². The van der Waals surface area contributed by atoms with E-state index in [0.717, 1.165) is 49.1 Å². The summed E-state index contributed by atoms with van der Waals surface area (Å²) < 4.78 is 11.2. The first-order chi connectivity index (χ1) is 22.3. The summed E-state index contributed by atoms with van der Waals surface area (Å²) in [5, 5.41) is 20.8. The number of nitrogens with zero attached hydrogens (tertiary/aromatic N) is 4. The lowest BCUT2D eigenvalue weighted by Crippen LogP contribution is -2.43. The van der Waals surface area contributed by atoms with Crippen molar-refractivity contribution in [3.63, 3.8) is 0 Å². The molecule has 0 unspecified atom stereocenters. The predicted molar refractivity (Wildman–Crippen MR) is 180 cm³/mol. The van der Waals surface area contributed by atoms with Crippen molar-refractivity contribution >= 4 is 23.2 Å². The topological polar surface area (TPSA) is 126 Å². The lowest BCUT2D eigenvalue weighted by molar-refractivity contribution is 0.0617. The minimum Gasteiger partial charge on any atom is -0.480 e. The fraction of sp³-hybridized carbons (Fsp3) is 0.353. The maximum absolute atomic E-state index is 9.56. The van der Waals surface area contributed by atoms with E-state index in [-0.39, 0.29) is 12.1 Å². The molecule has 2 aliphatic rings. The molecule has 3 heterocycles. The number of allylic oxidation sites excluding steroid dienone is 1.